The maximum atomic E-state index is 13.1. The molecule has 0 bridgehead atoms. The number of likely N-dealkylation sites (tertiary alicyclic amines) is 1. The van der Waals surface area contributed by atoms with Crippen LogP contribution in [0, 0.1) is 5.92 Å². The minimum Gasteiger partial charge on any atom is -0.338 e. The number of carbonyl (C=O) groups is 2. The normalized spacial score (nSPS) is 14.4. The first-order valence-electron chi connectivity index (χ1n) is 12.0. The Hall–Kier alpha value is -3.52. The van der Waals surface area contributed by atoms with Gasteiger partial charge in [-0.2, -0.15) is 4.98 Å². The van der Waals surface area contributed by atoms with E-state index < -0.39 is 0 Å². The standard InChI is InChI=1S/C28H24Cl2N4O3/c29-21-8-6-19(7-9-21)27-32-25(37-33-27)17-34-14-12-20(13-15-34)28(36)31-24-11-10-22(30)16-23(24)26(35)18-4-2-1-3-5-18/h1-11,16,20H,12-15,17H2,(H,31,36). The van der Waals surface area contributed by atoms with Crippen molar-refractivity contribution in [3.05, 3.63) is 99.9 Å². The summed E-state index contributed by atoms with van der Waals surface area (Å²) in [5, 5.41) is 8.11. The minimum atomic E-state index is -0.189. The van der Waals surface area contributed by atoms with Crippen molar-refractivity contribution in [1.29, 1.82) is 0 Å². The van der Waals surface area contributed by atoms with E-state index >= 15 is 0 Å². The van der Waals surface area contributed by atoms with Crippen molar-refractivity contribution in [3.8, 4) is 11.4 Å². The fraction of sp³-hybridized carbons (Fsp3) is 0.214. The molecule has 1 fully saturated rings. The SMILES string of the molecule is O=C(c1ccccc1)c1cc(Cl)ccc1NC(=O)C1CCN(Cc2nc(-c3ccc(Cl)cc3)no2)CC1. The van der Waals surface area contributed by atoms with Crippen molar-refractivity contribution in [2.45, 2.75) is 19.4 Å². The minimum absolute atomic E-state index is 0.105. The van der Waals surface area contributed by atoms with Gasteiger partial charge in [0.05, 0.1) is 12.2 Å². The van der Waals surface area contributed by atoms with Gasteiger partial charge in [-0.25, -0.2) is 0 Å². The van der Waals surface area contributed by atoms with Gasteiger partial charge >= 0.3 is 0 Å². The molecular formula is C28H24Cl2N4O3. The van der Waals surface area contributed by atoms with Crippen LogP contribution < -0.4 is 5.32 Å². The second kappa shape index (κ2) is 11.3. The summed E-state index contributed by atoms with van der Waals surface area (Å²) in [5.41, 5.74) is 2.21. The van der Waals surface area contributed by atoms with Crippen molar-refractivity contribution < 1.29 is 14.1 Å². The van der Waals surface area contributed by atoms with Crippen LogP contribution in [-0.4, -0.2) is 39.8 Å². The summed E-state index contributed by atoms with van der Waals surface area (Å²) < 4.78 is 5.43. The second-order valence-electron chi connectivity index (χ2n) is 8.94. The fourth-order valence-electron chi connectivity index (χ4n) is 4.37. The molecule has 37 heavy (non-hydrogen) atoms. The van der Waals surface area contributed by atoms with Crippen molar-refractivity contribution >= 4 is 40.6 Å². The van der Waals surface area contributed by atoms with Crippen LogP contribution in [0.4, 0.5) is 5.69 Å². The quantitative estimate of drug-likeness (QED) is 0.287. The highest BCUT2D eigenvalue weighted by Crippen LogP contribution is 2.27. The molecule has 0 spiro atoms. The Bertz CT molecular complexity index is 1400. The van der Waals surface area contributed by atoms with Crippen LogP contribution in [0.25, 0.3) is 11.4 Å². The summed E-state index contributed by atoms with van der Waals surface area (Å²) in [6.07, 6.45) is 1.36. The Morgan fingerprint density at radius 3 is 2.38 bits per heavy atom. The van der Waals surface area contributed by atoms with Crippen LogP contribution in [-0.2, 0) is 11.3 Å². The zero-order valence-electron chi connectivity index (χ0n) is 19.9. The van der Waals surface area contributed by atoms with Crippen LogP contribution in [0.15, 0.2) is 77.3 Å². The first kappa shape index (κ1) is 25.1. The molecule has 0 aliphatic carbocycles. The number of rotatable bonds is 7. The molecule has 1 amide bonds. The lowest BCUT2D eigenvalue weighted by Gasteiger charge is -2.30. The van der Waals surface area contributed by atoms with Gasteiger partial charge < -0.3 is 9.84 Å². The largest absolute Gasteiger partial charge is 0.338 e. The topological polar surface area (TPSA) is 88.3 Å². The van der Waals surface area contributed by atoms with Crippen LogP contribution >= 0.6 is 23.2 Å². The smallest absolute Gasteiger partial charge is 0.241 e. The molecule has 0 unspecified atom stereocenters. The van der Waals surface area contributed by atoms with E-state index in [9.17, 15) is 9.59 Å². The van der Waals surface area contributed by atoms with Crippen LogP contribution in [0.5, 0.6) is 0 Å². The summed E-state index contributed by atoms with van der Waals surface area (Å²) in [7, 11) is 0. The summed E-state index contributed by atoms with van der Waals surface area (Å²) in [5.74, 6) is 0.583. The van der Waals surface area contributed by atoms with Crippen molar-refractivity contribution in [1.82, 2.24) is 15.0 Å². The zero-order chi connectivity index (χ0) is 25.8. The number of piperidine rings is 1. The van der Waals surface area contributed by atoms with Crippen LogP contribution in [0.2, 0.25) is 10.0 Å². The van der Waals surface area contributed by atoms with E-state index in [1.807, 2.05) is 18.2 Å². The summed E-state index contributed by atoms with van der Waals surface area (Å²) in [4.78, 5) is 32.8. The van der Waals surface area contributed by atoms with Gasteiger partial charge in [0.2, 0.25) is 17.6 Å². The molecule has 1 aromatic heterocycles. The lowest BCUT2D eigenvalue weighted by atomic mass is 9.95. The van der Waals surface area contributed by atoms with Gasteiger partial charge in [-0.05, 0) is 68.4 Å². The molecule has 1 aliphatic rings. The molecule has 0 radical (unpaired) electrons. The number of benzene rings is 3. The summed E-state index contributed by atoms with van der Waals surface area (Å²) in [6.45, 7) is 1.95. The average Bonchev–Trinajstić information content (AvgIpc) is 3.39. The molecule has 4 aromatic rings. The molecule has 0 saturated carbocycles. The Kier molecular flexibility index (Phi) is 7.65. The van der Waals surface area contributed by atoms with E-state index in [0.29, 0.717) is 71.1 Å². The number of carbonyl (C=O) groups excluding carboxylic acids is 2. The maximum absolute atomic E-state index is 13.1. The molecule has 5 rings (SSSR count). The van der Waals surface area contributed by atoms with Crippen LogP contribution in [0.1, 0.15) is 34.7 Å². The predicted molar refractivity (Wildman–Crippen MR) is 143 cm³/mol. The van der Waals surface area contributed by atoms with Crippen molar-refractivity contribution in [2.24, 2.45) is 5.92 Å². The van der Waals surface area contributed by atoms with E-state index in [1.54, 1.807) is 54.6 Å². The number of nitrogens with zero attached hydrogens (tertiary/aromatic N) is 3. The molecular weight excluding hydrogens is 511 g/mol. The van der Waals surface area contributed by atoms with E-state index in [-0.39, 0.29) is 17.6 Å². The number of nitrogens with one attached hydrogen (secondary N) is 1. The van der Waals surface area contributed by atoms with Gasteiger partial charge in [0.15, 0.2) is 5.78 Å². The van der Waals surface area contributed by atoms with Crippen molar-refractivity contribution in [2.75, 3.05) is 18.4 Å². The van der Waals surface area contributed by atoms with E-state index in [4.69, 9.17) is 27.7 Å². The molecule has 3 aromatic carbocycles. The van der Waals surface area contributed by atoms with E-state index in [0.717, 1.165) is 5.56 Å². The summed E-state index contributed by atoms with van der Waals surface area (Å²) in [6, 6.07) is 21.1. The molecule has 1 saturated heterocycles. The van der Waals surface area contributed by atoms with Gasteiger partial charge in [-0.3, -0.25) is 14.5 Å². The predicted octanol–water partition coefficient (Wildman–Crippen LogP) is 6.13. The monoisotopic (exact) mass is 534 g/mol. The number of hydrogen-bond donors (Lipinski definition) is 1. The van der Waals surface area contributed by atoms with E-state index in [2.05, 4.69) is 20.4 Å². The molecule has 9 heteroatoms. The lowest BCUT2D eigenvalue weighted by Crippen LogP contribution is -2.38. The van der Waals surface area contributed by atoms with Gasteiger partial charge in [0.1, 0.15) is 0 Å². The van der Waals surface area contributed by atoms with Gasteiger partial charge in [-0.15, -0.1) is 0 Å². The molecule has 2 heterocycles. The third-order valence-electron chi connectivity index (χ3n) is 6.41. The first-order chi connectivity index (χ1) is 18.0. The number of hydrogen-bond acceptors (Lipinski definition) is 6. The fourth-order valence-corrected chi connectivity index (χ4v) is 4.67. The Labute approximate surface area is 224 Å². The van der Waals surface area contributed by atoms with Gasteiger partial charge in [0.25, 0.3) is 0 Å². The Balaban J connectivity index is 1.18. The molecule has 0 atom stereocenters. The average molecular weight is 535 g/mol. The molecule has 188 valence electrons. The second-order valence-corrected chi connectivity index (χ2v) is 9.82. The maximum Gasteiger partial charge on any atom is 0.241 e. The van der Waals surface area contributed by atoms with Crippen LogP contribution in [0.3, 0.4) is 0 Å². The zero-order valence-corrected chi connectivity index (χ0v) is 21.4. The number of ketones is 1. The Morgan fingerprint density at radius 1 is 0.946 bits per heavy atom. The number of aromatic nitrogens is 2. The summed E-state index contributed by atoms with van der Waals surface area (Å²) >= 11 is 12.1. The lowest BCUT2D eigenvalue weighted by molar-refractivity contribution is -0.121. The van der Waals surface area contributed by atoms with Crippen molar-refractivity contribution in [3.63, 3.8) is 0 Å². The molecule has 1 aliphatic heterocycles. The third kappa shape index (κ3) is 6.07. The number of anilines is 1. The Morgan fingerprint density at radius 2 is 1.65 bits per heavy atom. The number of halogens is 2. The highest BCUT2D eigenvalue weighted by Gasteiger charge is 2.27. The van der Waals surface area contributed by atoms with E-state index in [1.165, 1.54) is 0 Å². The molecule has 1 N–H and O–H groups in total. The first-order valence-corrected chi connectivity index (χ1v) is 12.7. The highest BCUT2D eigenvalue weighted by molar-refractivity contribution is 6.31. The third-order valence-corrected chi connectivity index (χ3v) is 6.89. The van der Waals surface area contributed by atoms with Gasteiger partial charge in [0, 0.05) is 32.7 Å². The highest BCUT2D eigenvalue weighted by atomic mass is 35.5. The number of amides is 1. The molecule has 7 nitrogen and oxygen atoms in total. The van der Waals surface area contributed by atoms with Gasteiger partial charge in [-0.1, -0.05) is 58.7 Å².